The number of hydrogen-bond acceptors (Lipinski definition) is 4. The first-order chi connectivity index (χ1) is 11.2. The lowest BCUT2D eigenvalue weighted by Gasteiger charge is -2.20. The van der Waals surface area contributed by atoms with Crippen LogP contribution in [0.5, 0.6) is 0 Å². The second-order valence-corrected chi connectivity index (χ2v) is 6.58. The topological polar surface area (TPSA) is 51.2 Å². The molecule has 4 nitrogen and oxygen atoms in total. The maximum atomic E-state index is 12.7. The van der Waals surface area contributed by atoms with Gasteiger partial charge in [-0.15, -0.1) is 11.3 Å². The molecule has 1 aliphatic rings. The van der Waals surface area contributed by atoms with Gasteiger partial charge in [-0.3, -0.25) is 10.1 Å². The average Bonchev–Trinajstić information content (AvgIpc) is 3.07. The van der Waals surface area contributed by atoms with Gasteiger partial charge in [-0.25, -0.2) is 4.98 Å². The number of allylic oxidation sites excluding steroid dienone is 1. The number of carbonyl (C=O) groups excluding carboxylic acids is 1. The van der Waals surface area contributed by atoms with Crippen LogP contribution >= 0.6 is 11.3 Å². The van der Waals surface area contributed by atoms with Gasteiger partial charge in [-0.05, 0) is 24.3 Å². The van der Waals surface area contributed by atoms with E-state index in [1.54, 1.807) is 6.20 Å². The highest BCUT2D eigenvalue weighted by Crippen LogP contribution is 2.24. The van der Waals surface area contributed by atoms with E-state index in [0.717, 1.165) is 31.6 Å². The third-order valence-corrected chi connectivity index (χ3v) is 4.62. The van der Waals surface area contributed by atoms with Crippen molar-refractivity contribution >= 4 is 41.3 Å². The van der Waals surface area contributed by atoms with Crippen molar-refractivity contribution in [1.82, 2.24) is 4.98 Å². The normalized spacial score (nSPS) is 16.3. The minimum absolute atomic E-state index is 0.102. The number of thiazole rings is 1. The van der Waals surface area contributed by atoms with E-state index in [2.05, 4.69) is 16.4 Å². The van der Waals surface area contributed by atoms with Crippen molar-refractivity contribution in [2.24, 2.45) is 5.92 Å². The number of carbonyl (C=O) groups is 1. The van der Waals surface area contributed by atoms with E-state index in [1.807, 2.05) is 37.5 Å². The van der Waals surface area contributed by atoms with Crippen LogP contribution in [0.3, 0.4) is 0 Å². The fraction of sp³-hybridized carbons (Fsp3) is 0.294. The number of aromatic nitrogens is 1. The summed E-state index contributed by atoms with van der Waals surface area (Å²) in [6.07, 6.45) is 5.70. The second-order valence-electron chi connectivity index (χ2n) is 5.69. The van der Waals surface area contributed by atoms with Gasteiger partial charge in [0.15, 0.2) is 5.13 Å². The minimum atomic E-state index is -0.102. The second kappa shape index (κ2) is 7.57. The van der Waals surface area contributed by atoms with E-state index < -0.39 is 0 Å². The Morgan fingerprint density at radius 3 is 2.70 bits per heavy atom. The first-order valence-electron chi connectivity index (χ1n) is 7.80. The highest BCUT2D eigenvalue weighted by molar-refractivity contribution is 7.13. The zero-order valence-corrected chi connectivity index (χ0v) is 13.9. The molecular formula is C17H19BN2O2S. The van der Waals surface area contributed by atoms with Crippen LogP contribution in [0.4, 0.5) is 5.13 Å². The number of nitrogens with one attached hydrogen (secondary N) is 1. The monoisotopic (exact) mass is 326 g/mol. The highest BCUT2D eigenvalue weighted by atomic mass is 32.1. The molecule has 23 heavy (non-hydrogen) atoms. The zero-order valence-electron chi connectivity index (χ0n) is 13.1. The fourth-order valence-corrected chi connectivity index (χ4v) is 3.13. The van der Waals surface area contributed by atoms with Gasteiger partial charge in [0.1, 0.15) is 7.85 Å². The maximum absolute atomic E-state index is 12.7. The van der Waals surface area contributed by atoms with Crippen LogP contribution in [0.1, 0.15) is 18.4 Å². The Hall–Kier alpha value is -1.92. The summed E-state index contributed by atoms with van der Waals surface area (Å²) in [5, 5.41) is 5.37. The molecular weight excluding hydrogens is 307 g/mol. The Morgan fingerprint density at radius 2 is 2.04 bits per heavy atom. The van der Waals surface area contributed by atoms with Crippen molar-refractivity contribution in [3.63, 3.8) is 0 Å². The molecule has 1 fully saturated rings. The minimum Gasteiger partial charge on any atom is -0.381 e. The Labute approximate surface area is 141 Å². The zero-order chi connectivity index (χ0) is 16.1. The number of nitrogens with zero attached hydrogens (tertiary/aromatic N) is 1. The smallest absolute Gasteiger partial charge is 0.257 e. The van der Waals surface area contributed by atoms with Gasteiger partial charge in [0.05, 0.1) is 0 Å². The Bertz CT molecular complexity index is 677. The molecule has 0 saturated carbocycles. The molecule has 6 heteroatoms. The molecule has 0 spiro atoms. The van der Waals surface area contributed by atoms with Crippen LogP contribution in [0, 0.1) is 5.92 Å². The Balaban J connectivity index is 1.87. The molecule has 118 valence electrons. The Kier molecular flexibility index (Phi) is 5.25. The van der Waals surface area contributed by atoms with E-state index in [4.69, 9.17) is 4.74 Å². The SMILES string of the molecule is Bc1ccc(/C(=C\C2CCOCC2)C(=O)Nc2nccs2)cc1. The number of ether oxygens (including phenoxy) is 1. The summed E-state index contributed by atoms with van der Waals surface area (Å²) >= 11 is 1.42. The Morgan fingerprint density at radius 1 is 1.30 bits per heavy atom. The largest absolute Gasteiger partial charge is 0.381 e. The molecule has 0 atom stereocenters. The fourth-order valence-electron chi connectivity index (χ4n) is 2.60. The molecule has 0 bridgehead atoms. The summed E-state index contributed by atoms with van der Waals surface area (Å²) in [6, 6.07) is 8.07. The lowest BCUT2D eigenvalue weighted by Crippen LogP contribution is -2.18. The molecule has 1 aliphatic heterocycles. The predicted octanol–water partition coefficient (Wildman–Crippen LogP) is 1.85. The van der Waals surface area contributed by atoms with Gasteiger partial charge in [0.2, 0.25) is 0 Å². The van der Waals surface area contributed by atoms with Gasteiger partial charge in [0, 0.05) is 30.4 Å². The van der Waals surface area contributed by atoms with E-state index in [0.29, 0.717) is 16.6 Å². The third kappa shape index (κ3) is 4.30. The molecule has 2 aromatic rings. The van der Waals surface area contributed by atoms with Gasteiger partial charge in [-0.1, -0.05) is 35.8 Å². The first kappa shape index (κ1) is 16.0. The molecule has 0 aliphatic carbocycles. The van der Waals surface area contributed by atoms with Crippen molar-refractivity contribution < 1.29 is 9.53 Å². The predicted molar refractivity (Wildman–Crippen MR) is 96.9 cm³/mol. The van der Waals surface area contributed by atoms with Crippen molar-refractivity contribution in [3.05, 3.63) is 47.5 Å². The molecule has 1 aromatic carbocycles. The van der Waals surface area contributed by atoms with Crippen LogP contribution in [-0.2, 0) is 9.53 Å². The van der Waals surface area contributed by atoms with E-state index >= 15 is 0 Å². The summed E-state index contributed by atoms with van der Waals surface area (Å²) in [5.41, 5.74) is 2.84. The van der Waals surface area contributed by atoms with Gasteiger partial charge in [-0.2, -0.15) is 0 Å². The molecule has 1 amide bonds. The number of anilines is 1. The lowest BCUT2D eigenvalue weighted by atomic mass is 9.91. The van der Waals surface area contributed by atoms with Crippen molar-refractivity contribution in [3.8, 4) is 0 Å². The average molecular weight is 326 g/mol. The third-order valence-electron chi connectivity index (χ3n) is 3.93. The summed E-state index contributed by atoms with van der Waals surface area (Å²) in [6.45, 7) is 1.52. The van der Waals surface area contributed by atoms with Crippen molar-refractivity contribution in [2.75, 3.05) is 18.5 Å². The molecule has 0 unspecified atom stereocenters. The van der Waals surface area contributed by atoms with Crippen molar-refractivity contribution in [1.29, 1.82) is 0 Å². The van der Waals surface area contributed by atoms with Crippen LogP contribution in [-0.4, -0.2) is 32.0 Å². The number of rotatable bonds is 4. The summed E-state index contributed by atoms with van der Waals surface area (Å²) < 4.78 is 5.41. The molecule has 1 N–H and O–H groups in total. The summed E-state index contributed by atoms with van der Waals surface area (Å²) in [7, 11) is 2.04. The molecule has 0 radical (unpaired) electrons. The van der Waals surface area contributed by atoms with Crippen molar-refractivity contribution in [2.45, 2.75) is 12.8 Å². The van der Waals surface area contributed by atoms with Crippen LogP contribution in [0.2, 0.25) is 0 Å². The summed E-state index contributed by atoms with van der Waals surface area (Å²) in [4.78, 5) is 16.9. The van der Waals surface area contributed by atoms with E-state index in [9.17, 15) is 4.79 Å². The molecule has 1 saturated heterocycles. The van der Waals surface area contributed by atoms with E-state index in [-0.39, 0.29) is 5.91 Å². The number of hydrogen-bond donors (Lipinski definition) is 1. The summed E-state index contributed by atoms with van der Waals surface area (Å²) in [5.74, 6) is 0.275. The molecule has 3 rings (SSSR count). The van der Waals surface area contributed by atoms with Gasteiger partial charge >= 0.3 is 0 Å². The number of amides is 1. The quantitative estimate of drug-likeness (QED) is 0.689. The molecule has 2 heterocycles. The van der Waals surface area contributed by atoms with E-state index in [1.165, 1.54) is 16.8 Å². The maximum Gasteiger partial charge on any atom is 0.257 e. The van der Waals surface area contributed by atoms with Crippen LogP contribution < -0.4 is 10.8 Å². The standard InChI is InChI=1S/C17H19BN2O2S/c18-14-3-1-13(2-4-14)15(11-12-5-8-22-9-6-12)16(21)20-17-19-7-10-23-17/h1-4,7,10-12H,5-6,8-9,18H2,(H,19,20,21)/b15-11+. The number of benzene rings is 1. The van der Waals surface area contributed by atoms with Crippen LogP contribution in [0.15, 0.2) is 41.9 Å². The molecule has 1 aromatic heterocycles. The van der Waals surface area contributed by atoms with Gasteiger partial charge in [0.25, 0.3) is 5.91 Å². The highest BCUT2D eigenvalue weighted by Gasteiger charge is 2.18. The first-order valence-corrected chi connectivity index (χ1v) is 8.68. The lowest BCUT2D eigenvalue weighted by molar-refractivity contribution is -0.111. The van der Waals surface area contributed by atoms with Crippen LogP contribution in [0.25, 0.3) is 5.57 Å². The van der Waals surface area contributed by atoms with Gasteiger partial charge < -0.3 is 4.74 Å².